The van der Waals surface area contributed by atoms with E-state index in [9.17, 15) is 9.59 Å². The van der Waals surface area contributed by atoms with Crippen LogP contribution in [0.1, 0.15) is 24.0 Å². The van der Waals surface area contributed by atoms with Crippen molar-refractivity contribution in [3.8, 4) is 5.75 Å². The molecular weight excluding hydrogens is 426 g/mol. The maximum Gasteiger partial charge on any atom is 0.282 e. The topological polar surface area (TPSA) is 61.9 Å². The maximum absolute atomic E-state index is 13.6. The molecule has 2 heterocycles. The predicted molar refractivity (Wildman–Crippen MR) is 135 cm³/mol. The van der Waals surface area contributed by atoms with Gasteiger partial charge < -0.3 is 15.0 Å². The standard InChI is InChI=1S/C28H27N3O3/c1-19-5-7-20(8-6-19)25-26(29-21-9-15-24(34-2)16-10-21)28(33)31(27(25)32)23-13-11-22(12-14-23)30-17-3-4-18-30/h5-16,29H,3-4,17-18H2,1-2H3. The van der Waals surface area contributed by atoms with Crippen LogP contribution in [0, 0.1) is 6.92 Å². The van der Waals surface area contributed by atoms with Crippen molar-refractivity contribution >= 4 is 34.4 Å². The minimum atomic E-state index is -0.370. The molecule has 0 atom stereocenters. The summed E-state index contributed by atoms with van der Waals surface area (Å²) in [6.07, 6.45) is 2.38. The van der Waals surface area contributed by atoms with Crippen LogP contribution in [0.4, 0.5) is 17.1 Å². The molecule has 6 nitrogen and oxygen atoms in total. The van der Waals surface area contributed by atoms with Gasteiger partial charge in [0.25, 0.3) is 11.8 Å². The van der Waals surface area contributed by atoms with Crippen LogP contribution in [0.5, 0.6) is 5.75 Å². The van der Waals surface area contributed by atoms with Crippen molar-refractivity contribution in [3.05, 3.63) is 89.6 Å². The average molecular weight is 454 g/mol. The van der Waals surface area contributed by atoms with Gasteiger partial charge in [0.2, 0.25) is 0 Å². The number of aryl methyl sites for hydroxylation is 1. The first-order chi connectivity index (χ1) is 16.5. The Labute approximate surface area is 199 Å². The van der Waals surface area contributed by atoms with Crippen molar-refractivity contribution < 1.29 is 14.3 Å². The summed E-state index contributed by atoms with van der Waals surface area (Å²) in [5.41, 5.74) is 4.80. The Hall–Kier alpha value is -4.06. The second-order valence-electron chi connectivity index (χ2n) is 8.63. The second kappa shape index (κ2) is 9.06. The Morgan fingerprint density at radius 2 is 1.38 bits per heavy atom. The molecule has 172 valence electrons. The molecule has 1 fully saturated rings. The normalized spacial score (nSPS) is 15.9. The largest absolute Gasteiger partial charge is 0.497 e. The summed E-state index contributed by atoms with van der Waals surface area (Å²) in [6, 6.07) is 22.6. The van der Waals surface area contributed by atoms with Crippen molar-refractivity contribution in [2.75, 3.05) is 35.3 Å². The molecule has 5 rings (SSSR count). The lowest BCUT2D eigenvalue weighted by atomic mass is 10.0. The van der Waals surface area contributed by atoms with Gasteiger partial charge in [0.1, 0.15) is 11.4 Å². The van der Waals surface area contributed by atoms with Crippen molar-refractivity contribution in [2.24, 2.45) is 0 Å². The third-order valence-corrected chi connectivity index (χ3v) is 6.36. The number of anilines is 3. The lowest BCUT2D eigenvalue weighted by Crippen LogP contribution is -2.32. The Morgan fingerprint density at radius 1 is 0.765 bits per heavy atom. The number of imide groups is 1. The number of hydrogen-bond donors (Lipinski definition) is 1. The summed E-state index contributed by atoms with van der Waals surface area (Å²) in [5.74, 6) is 0.0101. The number of methoxy groups -OCH3 is 1. The number of rotatable bonds is 6. The zero-order valence-electron chi connectivity index (χ0n) is 19.4. The van der Waals surface area contributed by atoms with Crippen LogP contribution in [0.25, 0.3) is 5.57 Å². The minimum Gasteiger partial charge on any atom is -0.497 e. The second-order valence-corrected chi connectivity index (χ2v) is 8.63. The van der Waals surface area contributed by atoms with Crippen LogP contribution in [-0.4, -0.2) is 32.0 Å². The van der Waals surface area contributed by atoms with Crippen LogP contribution >= 0.6 is 0 Å². The highest BCUT2D eigenvalue weighted by atomic mass is 16.5. The molecule has 3 aromatic carbocycles. The highest BCUT2D eigenvalue weighted by molar-refractivity contribution is 6.46. The number of amides is 2. The van der Waals surface area contributed by atoms with Crippen LogP contribution in [-0.2, 0) is 9.59 Å². The van der Waals surface area contributed by atoms with Gasteiger partial charge in [-0.25, -0.2) is 4.90 Å². The summed E-state index contributed by atoms with van der Waals surface area (Å²) < 4.78 is 5.23. The molecular formula is C28H27N3O3. The van der Waals surface area contributed by atoms with E-state index >= 15 is 0 Å². The van der Waals surface area contributed by atoms with E-state index in [1.54, 1.807) is 7.11 Å². The van der Waals surface area contributed by atoms with Gasteiger partial charge in [-0.3, -0.25) is 9.59 Å². The number of hydrogen-bond acceptors (Lipinski definition) is 5. The molecule has 0 saturated carbocycles. The number of ether oxygens (including phenoxy) is 1. The Bertz CT molecular complexity index is 1240. The molecule has 0 aliphatic carbocycles. The van der Waals surface area contributed by atoms with E-state index in [1.165, 1.54) is 17.7 Å². The first-order valence-electron chi connectivity index (χ1n) is 11.5. The van der Waals surface area contributed by atoms with Crippen molar-refractivity contribution in [1.82, 2.24) is 0 Å². The molecule has 1 saturated heterocycles. The van der Waals surface area contributed by atoms with Gasteiger partial charge in [0, 0.05) is 24.5 Å². The number of carbonyl (C=O) groups excluding carboxylic acids is 2. The summed E-state index contributed by atoms with van der Waals surface area (Å²) in [6.45, 7) is 4.07. The van der Waals surface area contributed by atoms with Gasteiger partial charge in [-0.15, -0.1) is 0 Å². The predicted octanol–water partition coefficient (Wildman–Crippen LogP) is 5.00. The van der Waals surface area contributed by atoms with Gasteiger partial charge in [-0.05, 0) is 73.9 Å². The zero-order valence-corrected chi connectivity index (χ0v) is 19.4. The lowest BCUT2D eigenvalue weighted by molar-refractivity contribution is -0.120. The average Bonchev–Trinajstić information content (AvgIpc) is 3.48. The van der Waals surface area contributed by atoms with Gasteiger partial charge in [-0.1, -0.05) is 29.8 Å². The van der Waals surface area contributed by atoms with Crippen LogP contribution in [0.15, 0.2) is 78.5 Å². The lowest BCUT2D eigenvalue weighted by Gasteiger charge is -2.20. The fourth-order valence-electron chi connectivity index (χ4n) is 4.47. The zero-order chi connectivity index (χ0) is 23.7. The monoisotopic (exact) mass is 453 g/mol. The molecule has 0 unspecified atom stereocenters. The Balaban J connectivity index is 1.50. The third-order valence-electron chi connectivity index (χ3n) is 6.36. The fraction of sp³-hybridized carbons (Fsp3) is 0.214. The quantitative estimate of drug-likeness (QED) is 0.532. The van der Waals surface area contributed by atoms with E-state index in [0.29, 0.717) is 28.3 Å². The number of nitrogens with one attached hydrogen (secondary N) is 1. The van der Waals surface area contributed by atoms with Crippen molar-refractivity contribution in [2.45, 2.75) is 19.8 Å². The molecule has 3 aromatic rings. The first kappa shape index (κ1) is 21.8. The van der Waals surface area contributed by atoms with Gasteiger partial charge >= 0.3 is 0 Å². The van der Waals surface area contributed by atoms with E-state index in [1.807, 2.05) is 79.7 Å². The van der Waals surface area contributed by atoms with E-state index in [0.717, 1.165) is 24.3 Å². The Kier molecular flexibility index (Phi) is 5.80. The van der Waals surface area contributed by atoms with Crippen molar-refractivity contribution in [1.29, 1.82) is 0 Å². The summed E-state index contributed by atoms with van der Waals surface area (Å²) in [7, 11) is 1.60. The summed E-state index contributed by atoms with van der Waals surface area (Å²) in [4.78, 5) is 30.8. The smallest absolute Gasteiger partial charge is 0.282 e. The van der Waals surface area contributed by atoms with Crippen molar-refractivity contribution in [3.63, 3.8) is 0 Å². The highest BCUT2D eigenvalue weighted by Crippen LogP contribution is 2.35. The van der Waals surface area contributed by atoms with E-state index in [2.05, 4.69) is 10.2 Å². The van der Waals surface area contributed by atoms with Gasteiger partial charge in [0.05, 0.1) is 18.4 Å². The number of nitrogens with zero attached hydrogens (tertiary/aromatic N) is 2. The molecule has 0 bridgehead atoms. The van der Waals surface area contributed by atoms with E-state index < -0.39 is 0 Å². The molecule has 0 aromatic heterocycles. The van der Waals surface area contributed by atoms with E-state index in [-0.39, 0.29) is 17.5 Å². The van der Waals surface area contributed by atoms with Crippen LogP contribution in [0.2, 0.25) is 0 Å². The third kappa shape index (κ3) is 4.03. The van der Waals surface area contributed by atoms with E-state index in [4.69, 9.17) is 4.74 Å². The number of carbonyl (C=O) groups is 2. The molecule has 2 amide bonds. The molecule has 0 radical (unpaired) electrons. The molecule has 34 heavy (non-hydrogen) atoms. The van der Waals surface area contributed by atoms with Crippen LogP contribution < -0.4 is 19.9 Å². The molecule has 1 N–H and O–H groups in total. The first-order valence-corrected chi connectivity index (χ1v) is 11.5. The molecule has 2 aliphatic rings. The van der Waals surface area contributed by atoms with Gasteiger partial charge in [0.15, 0.2) is 0 Å². The van der Waals surface area contributed by atoms with Gasteiger partial charge in [-0.2, -0.15) is 0 Å². The summed E-state index contributed by atoms with van der Waals surface area (Å²) in [5, 5.41) is 3.20. The molecule has 2 aliphatic heterocycles. The molecule has 0 spiro atoms. The number of benzene rings is 3. The van der Waals surface area contributed by atoms with Crippen LogP contribution in [0.3, 0.4) is 0 Å². The highest BCUT2D eigenvalue weighted by Gasteiger charge is 2.40. The molecule has 6 heteroatoms. The SMILES string of the molecule is COc1ccc(NC2=C(c3ccc(C)cc3)C(=O)N(c3ccc(N4CCCC4)cc3)C2=O)cc1. The Morgan fingerprint density at radius 3 is 2.00 bits per heavy atom. The summed E-state index contributed by atoms with van der Waals surface area (Å²) >= 11 is 0. The maximum atomic E-state index is 13.6. The fourth-order valence-corrected chi connectivity index (χ4v) is 4.47. The minimum absolute atomic E-state index is 0.266.